The van der Waals surface area contributed by atoms with E-state index in [-0.39, 0.29) is 5.91 Å². The van der Waals surface area contributed by atoms with Crippen LogP contribution in [0.15, 0.2) is 36.8 Å². The quantitative estimate of drug-likeness (QED) is 0.842. The van der Waals surface area contributed by atoms with Crippen LogP contribution < -0.4 is 10.1 Å². The van der Waals surface area contributed by atoms with Gasteiger partial charge in [0.05, 0.1) is 12.2 Å². The summed E-state index contributed by atoms with van der Waals surface area (Å²) in [5, 5.41) is 7.05. The fraction of sp³-hybridized carbons (Fsp3) is 0.400. The molecule has 1 atom stereocenters. The van der Waals surface area contributed by atoms with Crippen LogP contribution in [0, 0.1) is 5.92 Å². The van der Waals surface area contributed by atoms with Gasteiger partial charge in [-0.3, -0.25) is 9.48 Å². The van der Waals surface area contributed by atoms with Crippen molar-refractivity contribution in [2.75, 3.05) is 13.2 Å². The van der Waals surface area contributed by atoms with E-state index in [0.29, 0.717) is 30.5 Å². The van der Waals surface area contributed by atoms with Crippen LogP contribution in [0.5, 0.6) is 5.88 Å². The Morgan fingerprint density at radius 2 is 2.33 bits per heavy atom. The van der Waals surface area contributed by atoms with E-state index in [0.717, 1.165) is 6.54 Å². The first kappa shape index (κ1) is 15.0. The number of pyridine rings is 1. The minimum absolute atomic E-state index is 0.127. The summed E-state index contributed by atoms with van der Waals surface area (Å²) in [6.07, 6.45) is 5.18. The summed E-state index contributed by atoms with van der Waals surface area (Å²) in [7, 11) is 0. The third kappa shape index (κ3) is 4.59. The second-order valence-corrected chi connectivity index (χ2v) is 4.86. The molecule has 0 aromatic carbocycles. The van der Waals surface area contributed by atoms with Gasteiger partial charge < -0.3 is 10.1 Å². The van der Waals surface area contributed by atoms with Gasteiger partial charge >= 0.3 is 0 Å². The number of hydrogen-bond donors (Lipinski definition) is 1. The molecule has 0 radical (unpaired) electrons. The maximum absolute atomic E-state index is 12.0. The van der Waals surface area contributed by atoms with Crippen molar-refractivity contribution >= 4 is 5.91 Å². The lowest BCUT2D eigenvalue weighted by molar-refractivity contribution is 0.0946. The van der Waals surface area contributed by atoms with Gasteiger partial charge in [0, 0.05) is 37.7 Å². The van der Waals surface area contributed by atoms with Crippen LogP contribution in [-0.2, 0) is 6.54 Å². The molecular weight excluding hydrogens is 268 g/mol. The van der Waals surface area contributed by atoms with Gasteiger partial charge in [0.15, 0.2) is 0 Å². The molecule has 2 aromatic heterocycles. The van der Waals surface area contributed by atoms with Crippen molar-refractivity contribution in [1.82, 2.24) is 20.1 Å². The van der Waals surface area contributed by atoms with Crippen molar-refractivity contribution in [1.29, 1.82) is 0 Å². The first-order valence-corrected chi connectivity index (χ1v) is 7.03. The third-order valence-corrected chi connectivity index (χ3v) is 2.96. The molecule has 0 spiro atoms. The number of amides is 1. The maximum atomic E-state index is 12.0. The Morgan fingerprint density at radius 3 is 2.95 bits per heavy atom. The molecule has 1 unspecified atom stereocenters. The van der Waals surface area contributed by atoms with E-state index < -0.39 is 0 Å². The number of carbonyl (C=O) groups excluding carboxylic acids is 1. The van der Waals surface area contributed by atoms with E-state index in [2.05, 4.69) is 22.3 Å². The average Bonchev–Trinajstić information content (AvgIpc) is 2.99. The standard InChI is InChI=1S/C15H20N4O2/c1-3-21-14-6-5-13(10-16-14)15(20)17-9-12(2)11-19-8-4-7-18-19/h4-8,10,12H,3,9,11H2,1-2H3,(H,17,20). The Bertz CT molecular complexity index is 552. The number of aromatic nitrogens is 3. The number of carbonyl (C=O) groups is 1. The lowest BCUT2D eigenvalue weighted by Crippen LogP contribution is -2.30. The summed E-state index contributed by atoms with van der Waals surface area (Å²) in [6.45, 7) is 5.88. The summed E-state index contributed by atoms with van der Waals surface area (Å²) < 4.78 is 7.10. The molecule has 6 heteroatoms. The molecule has 0 aliphatic heterocycles. The predicted octanol–water partition coefficient (Wildman–Crippen LogP) is 1.74. The molecular formula is C15H20N4O2. The van der Waals surface area contributed by atoms with Crippen LogP contribution in [-0.4, -0.2) is 33.8 Å². The van der Waals surface area contributed by atoms with Gasteiger partial charge in [-0.15, -0.1) is 0 Å². The van der Waals surface area contributed by atoms with Gasteiger partial charge in [0.2, 0.25) is 5.88 Å². The van der Waals surface area contributed by atoms with Crippen LogP contribution >= 0.6 is 0 Å². The third-order valence-electron chi connectivity index (χ3n) is 2.96. The van der Waals surface area contributed by atoms with Gasteiger partial charge in [-0.1, -0.05) is 6.92 Å². The van der Waals surface area contributed by atoms with E-state index in [1.807, 2.05) is 23.9 Å². The highest BCUT2D eigenvalue weighted by Crippen LogP contribution is 2.07. The van der Waals surface area contributed by atoms with E-state index in [4.69, 9.17) is 4.74 Å². The highest BCUT2D eigenvalue weighted by atomic mass is 16.5. The van der Waals surface area contributed by atoms with Crippen molar-refractivity contribution in [2.45, 2.75) is 20.4 Å². The van der Waals surface area contributed by atoms with Gasteiger partial charge in [-0.25, -0.2) is 4.98 Å². The van der Waals surface area contributed by atoms with Crippen molar-refractivity contribution < 1.29 is 9.53 Å². The molecule has 0 fully saturated rings. The Labute approximate surface area is 124 Å². The Hall–Kier alpha value is -2.37. The van der Waals surface area contributed by atoms with Crippen LogP contribution in [0.25, 0.3) is 0 Å². The fourth-order valence-electron chi connectivity index (χ4n) is 1.91. The number of nitrogens with zero attached hydrogens (tertiary/aromatic N) is 3. The van der Waals surface area contributed by atoms with Gasteiger partial charge in [0.1, 0.15) is 0 Å². The fourth-order valence-corrected chi connectivity index (χ4v) is 1.91. The normalized spacial score (nSPS) is 11.9. The molecule has 112 valence electrons. The Kier molecular flexibility index (Phi) is 5.31. The van der Waals surface area contributed by atoms with Crippen LogP contribution in [0.3, 0.4) is 0 Å². The maximum Gasteiger partial charge on any atom is 0.252 e. The van der Waals surface area contributed by atoms with Crippen molar-refractivity contribution in [2.24, 2.45) is 5.92 Å². The largest absolute Gasteiger partial charge is 0.478 e. The Balaban J connectivity index is 1.80. The molecule has 0 aliphatic carbocycles. The number of nitrogens with one attached hydrogen (secondary N) is 1. The number of rotatable bonds is 7. The minimum atomic E-state index is -0.127. The molecule has 0 aliphatic rings. The van der Waals surface area contributed by atoms with E-state index in [1.54, 1.807) is 18.3 Å². The summed E-state index contributed by atoms with van der Waals surface area (Å²) in [6, 6.07) is 5.30. The average molecular weight is 288 g/mol. The zero-order valence-corrected chi connectivity index (χ0v) is 12.3. The molecule has 0 saturated carbocycles. The van der Waals surface area contributed by atoms with Crippen LogP contribution in [0.2, 0.25) is 0 Å². The lowest BCUT2D eigenvalue weighted by atomic mass is 10.1. The number of ether oxygens (including phenoxy) is 1. The van der Waals surface area contributed by atoms with Crippen molar-refractivity contribution in [3.63, 3.8) is 0 Å². The van der Waals surface area contributed by atoms with Gasteiger partial charge in [-0.2, -0.15) is 5.10 Å². The molecule has 2 aromatic rings. The molecule has 2 heterocycles. The SMILES string of the molecule is CCOc1ccc(C(=O)NCC(C)Cn2cccn2)cn1. The molecule has 2 rings (SSSR count). The zero-order valence-electron chi connectivity index (χ0n) is 12.3. The molecule has 0 saturated heterocycles. The zero-order chi connectivity index (χ0) is 15.1. The van der Waals surface area contributed by atoms with E-state index in [1.165, 1.54) is 6.20 Å². The first-order valence-electron chi connectivity index (χ1n) is 7.03. The van der Waals surface area contributed by atoms with Crippen molar-refractivity contribution in [3.05, 3.63) is 42.4 Å². The highest BCUT2D eigenvalue weighted by molar-refractivity contribution is 5.93. The first-order chi connectivity index (χ1) is 10.2. The highest BCUT2D eigenvalue weighted by Gasteiger charge is 2.09. The van der Waals surface area contributed by atoms with Crippen molar-refractivity contribution in [3.8, 4) is 5.88 Å². The molecule has 1 N–H and O–H groups in total. The van der Waals surface area contributed by atoms with Crippen LogP contribution in [0.4, 0.5) is 0 Å². The smallest absolute Gasteiger partial charge is 0.252 e. The summed E-state index contributed by atoms with van der Waals surface area (Å²) >= 11 is 0. The minimum Gasteiger partial charge on any atom is -0.478 e. The summed E-state index contributed by atoms with van der Waals surface area (Å²) in [5.41, 5.74) is 0.532. The second-order valence-electron chi connectivity index (χ2n) is 4.86. The second kappa shape index (κ2) is 7.42. The van der Waals surface area contributed by atoms with E-state index >= 15 is 0 Å². The summed E-state index contributed by atoms with van der Waals surface area (Å²) in [5.74, 6) is 0.698. The predicted molar refractivity (Wildman–Crippen MR) is 79.1 cm³/mol. The topological polar surface area (TPSA) is 69.0 Å². The molecule has 6 nitrogen and oxygen atoms in total. The van der Waals surface area contributed by atoms with Crippen LogP contribution in [0.1, 0.15) is 24.2 Å². The number of hydrogen-bond acceptors (Lipinski definition) is 4. The molecule has 21 heavy (non-hydrogen) atoms. The molecule has 0 bridgehead atoms. The summed E-state index contributed by atoms with van der Waals surface area (Å²) in [4.78, 5) is 16.1. The van der Waals surface area contributed by atoms with Gasteiger partial charge in [-0.05, 0) is 25.0 Å². The lowest BCUT2D eigenvalue weighted by Gasteiger charge is -2.12. The monoisotopic (exact) mass is 288 g/mol. The van der Waals surface area contributed by atoms with Gasteiger partial charge in [0.25, 0.3) is 5.91 Å². The molecule has 1 amide bonds. The Morgan fingerprint density at radius 1 is 1.48 bits per heavy atom. The van der Waals surface area contributed by atoms with E-state index in [9.17, 15) is 4.79 Å².